The van der Waals surface area contributed by atoms with E-state index in [1.165, 1.54) is 5.57 Å². The molecule has 94 valence electrons. The highest BCUT2D eigenvalue weighted by Crippen LogP contribution is 2.35. The van der Waals surface area contributed by atoms with Gasteiger partial charge in [-0.3, -0.25) is 4.79 Å². The van der Waals surface area contributed by atoms with Crippen LogP contribution in [0.5, 0.6) is 0 Å². The zero-order valence-electron chi connectivity index (χ0n) is 10.9. The fraction of sp³-hybridized carbons (Fsp3) is 0.375. The van der Waals surface area contributed by atoms with E-state index in [4.69, 9.17) is 0 Å². The average Bonchev–Trinajstić information content (AvgIpc) is 2.51. The van der Waals surface area contributed by atoms with Crippen molar-refractivity contribution in [3.05, 3.63) is 47.1 Å². The summed E-state index contributed by atoms with van der Waals surface area (Å²) < 4.78 is 0. The molecule has 2 nitrogen and oxygen atoms in total. The predicted octanol–water partition coefficient (Wildman–Crippen LogP) is 3.31. The van der Waals surface area contributed by atoms with E-state index < -0.39 is 5.41 Å². The summed E-state index contributed by atoms with van der Waals surface area (Å²) in [5.41, 5.74) is 2.92. The monoisotopic (exact) mass is 242 g/mol. The summed E-state index contributed by atoms with van der Waals surface area (Å²) in [5, 5.41) is 0. The van der Waals surface area contributed by atoms with Gasteiger partial charge in [0.25, 0.3) is 0 Å². The van der Waals surface area contributed by atoms with Gasteiger partial charge in [0.1, 0.15) is 6.29 Å². The van der Waals surface area contributed by atoms with Gasteiger partial charge < -0.3 is 4.79 Å². The van der Waals surface area contributed by atoms with Gasteiger partial charge in [0.2, 0.25) is 0 Å². The number of carbonyl (C=O) groups is 2. The van der Waals surface area contributed by atoms with Crippen LogP contribution < -0.4 is 0 Å². The summed E-state index contributed by atoms with van der Waals surface area (Å²) in [6.07, 6.45) is 13.6. The largest absolute Gasteiger partial charge is 0.302 e. The molecule has 0 aliphatic heterocycles. The molecule has 0 amide bonds. The van der Waals surface area contributed by atoms with Crippen LogP contribution in [0.4, 0.5) is 0 Å². The standard InChI is InChI=1S/C16H18O2/c1-12(18)10-14-5-3-4-13-6-8-16(2,11-17)9-7-15(13)14/h6-11H,3-5H2,1-2H3/b14-10+. The molecule has 0 heterocycles. The molecule has 1 atom stereocenters. The molecule has 2 aliphatic carbocycles. The van der Waals surface area contributed by atoms with Crippen molar-refractivity contribution in [2.45, 2.75) is 33.1 Å². The van der Waals surface area contributed by atoms with Gasteiger partial charge in [0, 0.05) is 0 Å². The Morgan fingerprint density at radius 2 is 2.00 bits per heavy atom. The summed E-state index contributed by atoms with van der Waals surface area (Å²) in [7, 11) is 0. The average molecular weight is 242 g/mol. The highest BCUT2D eigenvalue weighted by molar-refractivity contribution is 5.89. The number of hydrogen-bond acceptors (Lipinski definition) is 2. The first kappa shape index (κ1) is 12.7. The second-order valence-electron chi connectivity index (χ2n) is 5.22. The van der Waals surface area contributed by atoms with Crippen LogP contribution in [0, 0.1) is 5.41 Å². The highest BCUT2D eigenvalue weighted by atomic mass is 16.1. The fourth-order valence-corrected chi connectivity index (χ4v) is 2.40. The number of carbonyl (C=O) groups excluding carboxylic acids is 2. The first-order valence-electron chi connectivity index (χ1n) is 6.33. The maximum absolute atomic E-state index is 11.3. The first-order chi connectivity index (χ1) is 8.54. The van der Waals surface area contributed by atoms with Crippen LogP contribution in [0.3, 0.4) is 0 Å². The number of rotatable bonds is 2. The molecule has 0 aromatic carbocycles. The minimum Gasteiger partial charge on any atom is -0.302 e. The van der Waals surface area contributed by atoms with Gasteiger partial charge >= 0.3 is 0 Å². The molecule has 0 N–H and O–H groups in total. The van der Waals surface area contributed by atoms with Crippen molar-refractivity contribution in [1.82, 2.24) is 0 Å². The molecule has 0 spiro atoms. The van der Waals surface area contributed by atoms with Crippen molar-refractivity contribution >= 4 is 12.1 Å². The van der Waals surface area contributed by atoms with Gasteiger partial charge in [-0.05, 0) is 55.9 Å². The van der Waals surface area contributed by atoms with E-state index in [0.29, 0.717) is 0 Å². The molecule has 2 heteroatoms. The van der Waals surface area contributed by atoms with Crippen LogP contribution in [0.1, 0.15) is 33.1 Å². The van der Waals surface area contributed by atoms with Gasteiger partial charge in [0.15, 0.2) is 5.78 Å². The van der Waals surface area contributed by atoms with Crippen LogP contribution in [-0.4, -0.2) is 12.1 Å². The Labute approximate surface area is 108 Å². The Morgan fingerprint density at radius 3 is 2.67 bits per heavy atom. The molecule has 1 unspecified atom stereocenters. The molecule has 2 aliphatic rings. The molecule has 0 radical (unpaired) electrons. The van der Waals surface area contributed by atoms with Gasteiger partial charge in [-0.25, -0.2) is 0 Å². The van der Waals surface area contributed by atoms with Crippen LogP contribution in [0.25, 0.3) is 0 Å². The van der Waals surface area contributed by atoms with E-state index in [1.807, 2.05) is 31.2 Å². The lowest BCUT2D eigenvalue weighted by Gasteiger charge is -2.18. The van der Waals surface area contributed by atoms with Crippen molar-refractivity contribution in [3.8, 4) is 0 Å². The van der Waals surface area contributed by atoms with E-state index >= 15 is 0 Å². The summed E-state index contributed by atoms with van der Waals surface area (Å²) in [4.78, 5) is 22.4. The summed E-state index contributed by atoms with van der Waals surface area (Å²) in [6.45, 7) is 3.47. The second-order valence-corrected chi connectivity index (χ2v) is 5.22. The van der Waals surface area contributed by atoms with E-state index in [1.54, 1.807) is 13.0 Å². The molecule has 2 rings (SSSR count). The number of ketones is 1. The highest BCUT2D eigenvalue weighted by Gasteiger charge is 2.22. The van der Waals surface area contributed by atoms with Crippen LogP contribution >= 0.6 is 0 Å². The number of hydrogen-bond donors (Lipinski definition) is 0. The SMILES string of the molecule is CC(=O)/C=C1\CCCC2=C1C=CC(C)(C=O)C=C2. The fourth-order valence-electron chi connectivity index (χ4n) is 2.40. The third kappa shape index (κ3) is 2.58. The third-order valence-corrected chi connectivity index (χ3v) is 3.47. The smallest absolute Gasteiger partial charge is 0.152 e. The summed E-state index contributed by atoms with van der Waals surface area (Å²) >= 11 is 0. The maximum Gasteiger partial charge on any atom is 0.152 e. The zero-order chi connectivity index (χ0) is 13.2. The minimum atomic E-state index is -0.529. The van der Waals surface area contributed by atoms with Gasteiger partial charge in [-0.2, -0.15) is 0 Å². The zero-order valence-corrected chi connectivity index (χ0v) is 10.9. The molecular formula is C16H18O2. The Bertz CT molecular complexity index is 503. The van der Waals surface area contributed by atoms with Crippen LogP contribution in [0.2, 0.25) is 0 Å². The number of aldehydes is 1. The van der Waals surface area contributed by atoms with Crippen molar-refractivity contribution in [1.29, 1.82) is 0 Å². The Hall–Kier alpha value is -1.70. The lowest BCUT2D eigenvalue weighted by Crippen LogP contribution is -2.10. The molecule has 0 bridgehead atoms. The summed E-state index contributed by atoms with van der Waals surface area (Å²) in [6, 6.07) is 0. The Balaban J connectivity index is 2.45. The van der Waals surface area contributed by atoms with Crippen molar-refractivity contribution in [2.75, 3.05) is 0 Å². The second kappa shape index (κ2) is 4.89. The van der Waals surface area contributed by atoms with E-state index in [9.17, 15) is 9.59 Å². The van der Waals surface area contributed by atoms with E-state index in [2.05, 4.69) is 0 Å². The lowest BCUT2D eigenvalue weighted by atomic mass is 9.86. The first-order valence-corrected chi connectivity index (χ1v) is 6.33. The van der Waals surface area contributed by atoms with Crippen molar-refractivity contribution in [2.24, 2.45) is 5.41 Å². The lowest BCUT2D eigenvalue weighted by molar-refractivity contribution is -0.113. The molecule has 0 aromatic heterocycles. The van der Waals surface area contributed by atoms with E-state index in [0.717, 1.165) is 36.7 Å². The molecule has 0 aromatic rings. The molecule has 0 fully saturated rings. The van der Waals surface area contributed by atoms with Crippen LogP contribution in [0.15, 0.2) is 47.1 Å². The van der Waals surface area contributed by atoms with Crippen molar-refractivity contribution in [3.63, 3.8) is 0 Å². The van der Waals surface area contributed by atoms with Gasteiger partial charge in [-0.15, -0.1) is 0 Å². The normalized spacial score (nSPS) is 29.1. The predicted molar refractivity (Wildman–Crippen MR) is 72.1 cm³/mol. The topological polar surface area (TPSA) is 34.1 Å². The summed E-state index contributed by atoms with van der Waals surface area (Å²) in [5.74, 6) is 0.0820. The molecule has 0 saturated heterocycles. The van der Waals surface area contributed by atoms with Crippen LogP contribution in [-0.2, 0) is 9.59 Å². The maximum atomic E-state index is 11.3. The number of allylic oxidation sites excluding steroid dienone is 8. The molecular weight excluding hydrogens is 224 g/mol. The Morgan fingerprint density at radius 1 is 1.28 bits per heavy atom. The van der Waals surface area contributed by atoms with E-state index in [-0.39, 0.29) is 5.78 Å². The quantitative estimate of drug-likeness (QED) is 0.550. The van der Waals surface area contributed by atoms with Gasteiger partial charge in [0.05, 0.1) is 5.41 Å². The van der Waals surface area contributed by atoms with Gasteiger partial charge in [-0.1, -0.05) is 24.3 Å². The van der Waals surface area contributed by atoms with Crippen molar-refractivity contribution < 1.29 is 9.59 Å². The third-order valence-electron chi connectivity index (χ3n) is 3.47. The Kier molecular flexibility index (Phi) is 3.46. The molecule has 0 saturated carbocycles. The minimum absolute atomic E-state index is 0.0820. The molecule has 18 heavy (non-hydrogen) atoms.